The quantitative estimate of drug-likeness (QED) is 0.893. The minimum Gasteiger partial charge on any atom is -0.478 e. The number of hydrogen-bond donors (Lipinski definition) is 1. The van der Waals surface area contributed by atoms with Crippen molar-refractivity contribution in [3.8, 4) is 0 Å². The van der Waals surface area contributed by atoms with Gasteiger partial charge in [-0.2, -0.15) is 0 Å². The molecule has 0 atom stereocenters. The van der Waals surface area contributed by atoms with E-state index in [0.29, 0.717) is 31.6 Å². The predicted octanol–water partition coefficient (Wildman–Crippen LogP) is 1.57. The molecule has 0 fully saturated rings. The first-order valence-electron chi connectivity index (χ1n) is 7.09. The van der Waals surface area contributed by atoms with Gasteiger partial charge in [0.2, 0.25) is 0 Å². The lowest BCUT2D eigenvalue weighted by molar-refractivity contribution is 0.0694. The van der Waals surface area contributed by atoms with Gasteiger partial charge in [-0.1, -0.05) is 12.1 Å². The van der Waals surface area contributed by atoms with Gasteiger partial charge in [-0.15, -0.1) is 0 Å². The first-order valence-corrected chi connectivity index (χ1v) is 8.81. The van der Waals surface area contributed by atoms with E-state index in [2.05, 4.69) is 4.90 Å². The normalized spacial score (nSPS) is 16.0. The molecule has 0 radical (unpaired) electrons. The number of sulfone groups is 1. The Balaban J connectivity index is 2.07. The first kappa shape index (κ1) is 16.0. The molecule has 1 heterocycles. The summed E-state index contributed by atoms with van der Waals surface area (Å²) < 4.78 is 23.7. The lowest BCUT2D eigenvalue weighted by Gasteiger charge is -2.29. The molecule has 2 rings (SSSR count). The molecule has 116 valence electrons. The van der Waals surface area contributed by atoms with Crippen LogP contribution in [0.4, 0.5) is 0 Å². The summed E-state index contributed by atoms with van der Waals surface area (Å²) in [7, 11) is -3.03. The highest BCUT2D eigenvalue weighted by molar-refractivity contribution is 7.92. The Morgan fingerprint density at radius 1 is 1.38 bits per heavy atom. The third-order valence-electron chi connectivity index (χ3n) is 3.99. The number of carboxylic acids is 1. The van der Waals surface area contributed by atoms with Crippen LogP contribution in [0.2, 0.25) is 0 Å². The fraction of sp³-hybridized carbons (Fsp3) is 0.533. The van der Waals surface area contributed by atoms with E-state index < -0.39 is 15.8 Å². The predicted molar refractivity (Wildman–Crippen MR) is 81.3 cm³/mol. The third-order valence-corrected chi connectivity index (χ3v) is 6.17. The summed E-state index contributed by atoms with van der Waals surface area (Å²) in [6.45, 7) is 5.20. The number of carboxylic acid groups (broad SMARTS) is 1. The Bertz CT molecular complexity index is 637. The molecule has 1 aromatic carbocycles. The smallest absolute Gasteiger partial charge is 0.335 e. The van der Waals surface area contributed by atoms with Crippen molar-refractivity contribution in [2.24, 2.45) is 0 Å². The fourth-order valence-corrected chi connectivity index (χ4v) is 3.54. The van der Waals surface area contributed by atoms with Crippen molar-refractivity contribution >= 4 is 15.8 Å². The van der Waals surface area contributed by atoms with Crippen LogP contribution in [0.15, 0.2) is 18.2 Å². The molecule has 0 aliphatic carbocycles. The van der Waals surface area contributed by atoms with Crippen LogP contribution < -0.4 is 0 Å². The van der Waals surface area contributed by atoms with Crippen LogP contribution in [-0.2, 0) is 22.8 Å². The summed E-state index contributed by atoms with van der Waals surface area (Å²) in [5.74, 6) is -0.749. The van der Waals surface area contributed by atoms with Gasteiger partial charge in [0.15, 0.2) is 9.84 Å². The van der Waals surface area contributed by atoms with Crippen molar-refractivity contribution < 1.29 is 18.3 Å². The van der Waals surface area contributed by atoms with Gasteiger partial charge in [-0.05, 0) is 37.5 Å². The molecule has 0 bridgehead atoms. The van der Waals surface area contributed by atoms with Gasteiger partial charge in [0.1, 0.15) is 0 Å². The van der Waals surface area contributed by atoms with Crippen molar-refractivity contribution in [2.45, 2.75) is 32.1 Å². The molecule has 5 nitrogen and oxygen atoms in total. The minimum absolute atomic E-state index is 0.151. The molecule has 1 aliphatic rings. The molecule has 0 aromatic heterocycles. The standard InChI is InChI=1S/C15H21NO4S/c1-11(2)21(19,20)9-8-16-7-6-13-12(10-16)4-3-5-14(13)15(17)18/h3-5,11H,6-10H2,1-2H3,(H,17,18). The van der Waals surface area contributed by atoms with E-state index >= 15 is 0 Å². The zero-order valence-electron chi connectivity index (χ0n) is 12.4. The first-order chi connectivity index (χ1) is 9.81. The van der Waals surface area contributed by atoms with E-state index in [1.54, 1.807) is 26.0 Å². The number of rotatable bonds is 5. The van der Waals surface area contributed by atoms with Crippen molar-refractivity contribution in [3.63, 3.8) is 0 Å². The number of benzene rings is 1. The van der Waals surface area contributed by atoms with Crippen LogP contribution in [0.5, 0.6) is 0 Å². The Kier molecular flexibility index (Phi) is 4.68. The second-order valence-electron chi connectivity index (χ2n) is 5.69. The summed E-state index contributed by atoms with van der Waals surface area (Å²) in [5, 5.41) is 8.83. The maximum absolute atomic E-state index is 11.9. The SMILES string of the molecule is CC(C)S(=O)(=O)CCN1CCc2c(cccc2C(=O)O)C1. The maximum Gasteiger partial charge on any atom is 0.335 e. The van der Waals surface area contributed by atoms with Crippen molar-refractivity contribution in [1.29, 1.82) is 0 Å². The van der Waals surface area contributed by atoms with Crippen LogP contribution >= 0.6 is 0 Å². The molecule has 21 heavy (non-hydrogen) atoms. The Morgan fingerprint density at radius 2 is 2.10 bits per heavy atom. The molecule has 1 N–H and O–H groups in total. The van der Waals surface area contributed by atoms with Crippen LogP contribution in [0.1, 0.15) is 35.3 Å². The highest BCUT2D eigenvalue weighted by Crippen LogP contribution is 2.22. The van der Waals surface area contributed by atoms with Gasteiger partial charge >= 0.3 is 5.97 Å². The zero-order chi connectivity index (χ0) is 15.6. The highest BCUT2D eigenvalue weighted by atomic mass is 32.2. The topological polar surface area (TPSA) is 74.7 Å². The van der Waals surface area contributed by atoms with E-state index in [0.717, 1.165) is 11.1 Å². The zero-order valence-corrected chi connectivity index (χ0v) is 13.2. The summed E-state index contributed by atoms with van der Waals surface area (Å²) in [4.78, 5) is 13.3. The van der Waals surface area contributed by atoms with Crippen LogP contribution in [0, 0.1) is 0 Å². The van der Waals surface area contributed by atoms with Crippen molar-refractivity contribution in [3.05, 3.63) is 34.9 Å². The molecule has 1 aliphatic heterocycles. The number of carbonyl (C=O) groups is 1. The largest absolute Gasteiger partial charge is 0.478 e. The summed E-state index contributed by atoms with van der Waals surface area (Å²) in [5.41, 5.74) is 2.23. The molecular formula is C15H21NO4S. The molecule has 0 saturated heterocycles. The molecule has 0 saturated carbocycles. The van der Waals surface area contributed by atoms with E-state index in [9.17, 15) is 18.3 Å². The van der Waals surface area contributed by atoms with Crippen LogP contribution in [0.3, 0.4) is 0 Å². The highest BCUT2D eigenvalue weighted by Gasteiger charge is 2.23. The van der Waals surface area contributed by atoms with Crippen molar-refractivity contribution in [1.82, 2.24) is 4.90 Å². The number of hydrogen-bond acceptors (Lipinski definition) is 4. The van der Waals surface area contributed by atoms with E-state index in [4.69, 9.17) is 0 Å². The number of aromatic carboxylic acids is 1. The minimum atomic E-state index is -3.03. The molecule has 0 amide bonds. The lowest BCUT2D eigenvalue weighted by Crippen LogP contribution is -2.36. The monoisotopic (exact) mass is 311 g/mol. The van der Waals surface area contributed by atoms with E-state index in [1.165, 1.54) is 0 Å². The van der Waals surface area contributed by atoms with Gasteiger partial charge in [0.05, 0.1) is 16.6 Å². The average Bonchev–Trinajstić information content (AvgIpc) is 2.44. The third kappa shape index (κ3) is 3.63. The molecule has 0 unspecified atom stereocenters. The summed E-state index contributed by atoms with van der Waals surface area (Å²) in [6.07, 6.45) is 0.652. The Hall–Kier alpha value is -1.40. The average molecular weight is 311 g/mol. The van der Waals surface area contributed by atoms with Crippen molar-refractivity contribution in [2.75, 3.05) is 18.8 Å². The van der Waals surface area contributed by atoms with Crippen LogP contribution in [0.25, 0.3) is 0 Å². The summed E-state index contributed by atoms with van der Waals surface area (Å²) >= 11 is 0. The van der Waals surface area contributed by atoms with Gasteiger partial charge in [0.25, 0.3) is 0 Å². The molecule has 1 aromatic rings. The van der Waals surface area contributed by atoms with Crippen LogP contribution in [-0.4, -0.2) is 48.5 Å². The summed E-state index contributed by atoms with van der Waals surface area (Å²) in [6, 6.07) is 5.29. The molecule has 6 heteroatoms. The second-order valence-corrected chi connectivity index (χ2v) is 8.37. The lowest BCUT2D eigenvalue weighted by atomic mass is 9.94. The molecule has 0 spiro atoms. The molecular weight excluding hydrogens is 290 g/mol. The Morgan fingerprint density at radius 3 is 2.71 bits per heavy atom. The van der Waals surface area contributed by atoms with Gasteiger partial charge < -0.3 is 5.11 Å². The fourth-order valence-electron chi connectivity index (χ4n) is 2.55. The van der Waals surface area contributed by atoms with Gasteiger partial charge in [-0.25, -0.2) is 13.2 Å². The number of fused-ring (bicyclic) bond motifs is 1. The second kappa shape index (κ2) is 6.15. The Labute approximate surface area is 125 Å². The number of nitrogens with zero attached hydrogens (tertiary/aromatic N) is 1. The van der Waals surface area contributed by atoms with E-state index in [-0.39, 0.29) is 11.0 Å². The van der Waals surface area contributed by atoms with Gasteiger partial charge in [-0.3, -0.25) is 4.90 Å². The van der Waals surface area contributed by atoms with E-state index in [1.807, 2.05) is 6.07 Å². The van der Waals surface area contributed by atoms with Gasteiger partial charge in [0, 0.05) is 19.6 Å². The maximum atomic E-state index is 11.9.